The number of carbonyl (C=O) groups is 1. The number of rotatable bonds is 8. The normalized spacial score (nSPS) is 13.5. The fourth-order valence-corrected chi connectivity index (χ4v) is 4.54. The summed E-state index contributed by atoms with van der Waals surface area (Å²) in [6.45, 7) is 3.76. The molecule has 1 aliphatic rings. The molecule has 0 bridgehead atoms. The van der Waals surface area contributed by atoms with Gasteiger partial charge in [0, 0.05) is 49.7 Å². The highest BCUT2D eigenvalue weighted by atomic mass is 35.5. The summed E-state index contributed by atoms with van der Waals surface area (Å²) in [5.74, 6) is 1.07. The maximum absolute atomic E-state index is 12.7. The molecule has 1 aliphatic heterocycles. The largest absolute Gasteiger partial charge is 0.364 e. The van der Waals surface area contributed by atoms with Crippen LogP contribution in [-0.2, 0) is 16.6 Å². The van der Waals surface area contributed by atoms with E-state index >= 15 is 0 Å². The number of nitrogens with zero attached hydrogens (tertiary/aromatic N) is 5. The Hall–Kier alpha value is -3.44. The molecule has 190 valence electrons. The van der Waals surface area contributed by atoms with Crippen LogP contribution < -0.4 is 14.9 Å². The summed E-state index contributed by atoms with van der Waals surface area (Å²) in [7, 11) is -2.02. The maximum atomic E-state index is 12.7. The van der Waals surface area contributed by atoms with E-state index in [0.29, 0.717) is 33.7 Å². The lowest BCUT2D eigenvalue weighted by Crippen LogP contribution is -2.27. The van der Waals surface area contributed by atoms with Crippen LogP contribution in [0, 0.1) is 6.92 Å². The topological polar surface area (TPSA) is 120 Å². The number of carbonyl (C=O) groups excluding carboxylic acids is 1. The second kappa shape index (κ2) is 10.7. The molecule has 0 saturated carbocycles. The van der Waals surface area contributed by atoms with Crippen LogP contribution in [0.15, 0.2) is 42.7 Å². The minimum absolute atomic E-state index is 0.0488. The van der Waals surface area contributed by atoms with Crippen molar-refractivity contribution in [2.24, 2.45) is 0 Å². The second-order valence-electron chi connectivity index (χ2n) is 8.61. The Labute approximate surface area is 215 Å². The van der Waals surface area contributed by atoms with Gasteiger partial charge in [-0.3, -0.25) is 9.10 Å². The minimum atomic E-state index is -3.47. The van der Waals surface area contributed by atoms with E-state index in [-0.39, 0.29) is 12.5 Å². The number of aryl methyl sites for hydroxylation is 1. The number of likely N-dealkylation sites (tertiary alicyclic amines) is 1. The number of anilines is 4. The molecule has 1 amide bonds. The van der Waals surface area contributed by atoms with Gasteiger partial charge in [-0.25, -0.2) is 18.4 Å². The van der Waals surface area contributed by atoms with Crippen molar-refractivity contribution in [1.82, 2.24) is 19.9 Å². The molecule has 1 saturated heterocycles. The summed E-state index contributed by atoms with van der Waals surface area (Å²) in [6, 6.07) is 9.01. The van der Waals surface area contributed by atoms with Gasteiger partial charge in [0.2, 0.25) is 16.0 Å². The highest BCUT2D eigenvalue weighted by molar-refractivity contribution is 7.92. The maximum Gasteiger partial charge on any atom is 0.253 e. The molecule has 4 rings (SSSR count). The fraction of sp³-hybridized carbons (Fsp3) is 0.333. The Morgan fingerprint density at radius 1 is 1.19 bits per heavy atom. The van der Waals surface area contributed by atoms with Crippen molar-refractivity contribution < 1.29 is 13.2 Å². The highest BCUT2D eigenvalue weighted by Crippen LogP contribution is 2.26. The van der Waals surface area contributed by atoms with Crippen LogP contribution in [0.5, 0.6) is 0 Å². The number of sulfonamides is 1. The van der Waals surface area contributed by atoms with E-state index in [2.05, 4.69) is 25.6 Å². The lowest BCUT2D eigenvalue weighted by atomic mass is 10.1. The molecule has 1 aromatic carbocycles. The Morgan fingerprint density at radius 3 is 2.64 bits per heavy atom. The lowest BCUT2D eigenvalue weighted by molar-refractivity contribution is 0.0792. The third-order valence-corrected chi connectivity index (χ3v) is 7.41. The summed E-state index contributed by atoms with van der Waals surface area (Å²) in [6.07, 6.45) is 6.23. The highest BCUT2D eigenvalue weighted by Gasteiger charge is 2.20. The third-order valence-electron chi connectivity index (χ3n) is 5.97. The van der Waals surface area contributed by atoms with Crippen molar-refractivity contribution in [3.63, 3.8) is 0 Å². The molecule has 3 heterocycles. The average Bonchev–Trinajstić information content (AvgIpc) is 3.39. The van der Waals surface area contributed by atoms with Gasteiger partial charge in [0.05, 0.1) is 12.5 Å². The SMILES string of the molecule is Cc1cc(C(=O)N2CCCC2)ccc1Nc1ncc(Cl)c(NCc2cccnc2N(C)S(C)(=O)=O)n1. The summed E-state index contributed by atoms with van der Waals surface area (Å²) in [5, 5.41) is 6.63. The number of aromatic nitrogens is 3. The van der Waals surface area contributed by atoms with Gasteiger partial charge in [0.1, 0.15) is 10.8 Å². The van der Waals surface area contributed by atoms with Crippen LogP contribution in [0.25, 0.3) is 0 Å². The molecule has 0 atom stereocenters. The predicted molar refractivity (Wildman–Crippen MR) is 141 cm³/mol. The predicted octanol–water partition coefficient (Wildman–Crippen LogP) is 3.82. The van der Waals surface area contributed by atoms with Gasteiger partial charge in [-0.15, -0.1) is 0 Å². The Morgan fingerprint density at radius 2 is 1.94 bits per heavy atom. The third kappa shape index (κ3) is 5.85. The van der Waals surface area contributed by atoms with Crippen molar-refractivity contribution >= 4 is 50.8 Å². The van der Waals surface area contributed by atoms with Crippen molar-refractivity contribution in [2.75, 3.05) is 41.3 Å². The molecular weight excluding hydrogens is 502 g/mol. The van der Waals surface area contributed by atoms with Crippen LogP contribution in [0.4, 0.5) is 23.3 Å². The van der Waals surface area contributed by atoms with Gasteiger partial charge in [0.25, 0.3) is 5.91 Å². The summed E-state index contributed by atoms with van der Waals surface area (Å²) in [4.78, 5) is 27.5. The van der Waals surface area contributed by atoms with E-state index in [1.54, 1.807) is 18.2 Å². The summed E-state index contributed by atoms with van der Waals surface area (Å²) >= 11 is 6.31. The zero-order valence-electron chi connectivity index (χ0n) is 20.3. The molecular formula is C24H28ClN7O3S. The molecule has 0 spiro atoms. The van der Waals surface area contributed by atoms with E-state index in [9.17, 15) is 13.2 Å². The number of hydrogen-bond acceptors (Lipinski definition) is 8. The number of benzene rings is 1. The number of halogens is 1. The van der Waals surface area contributed by atoms with Gasteiger partial charge in [-0.1, -0.05) is 17.7 Å². The van der Waals surface area contributed by atoms with Crippen molar-refractivity contribution in [1.29, 1.82) is 0 Å². The summed E-state index contributed by atoms with van der Waals surface area (Å²) in [5.41, 5.74) is 2.97. The van der Waals surface area contributed by atoms with Crippen molar-refractivity contribution in [2.45, 2.75) is 26.3 Å². The molecule has 3 aromatic rings. The molecule has 1 fully saturated rings. The monoisotopic (exact) mass is 529 g/mol. The Kier molecular flexibility index (Phi) is 7.60. The van der Waals surface area contributed by atoms with E-state index in [4.69, 9.17) is 11.6 Å². The van der Waals surface area contributed by atoms with E-state index in [0.717, 1.165) is 47.7 Å². The molecule has 10 nitrogen and oxygen atoms in total. The van der Waals surface area contributed by atoms with Crippen LogP contribution in [0.3, 0.4) is 0 Å². The van der Waals surface area contributed by atoms with Gasteiger partial charge < -0.3 is 15.5 Å². The smallest absolute Gasteiger partial charge is 0.253 e. The quantitative estimate of drug-likeness (QED) is 0.452. The minimum Gasteiger partial charge on any atom is -0.364 e. The van der Waals surface area contributed by atoms with Crippen molar-refractivity contribution in [3.8, 4) is 0 Å². The molecule has 2 N–H and O–H groups in total. The first-order valence-electron chi connectivity index (χ1n) is 11.4. The number of amides is 1. The first kappa shape index (κ1) is 25.6. The van der Waals surface area contributed by atoms with Gasteiger partial charge in [-0.05, 0) is 49.6 Å². The molecule has 0 aliphatic carbocycles. The molecule has 12 heteroatoms. The zero-order valence-corrected chi connectivity index (χ0v) is 21.9. The van der Waals surface area contributed by atoms with Crippen LogP contribution in [-0.4, -0.2) is 60.6 Å². The number of hydrogen-bond donors (Lipinski definition) is 2. The van der Waals surface area contributed by atoms with Gasteiger partial charge >= 0.3 is 0 Å². The molecule has 0 radical (unpaired) electrons. The first-order valence-corrected chi connectivity index (χ1v) is 13.7. The molecule has 2 aromatic heterocycles. The van der Waals surface area contributed by atoms with E-state index in [1.165, 1.54) is 19.4 Å². The number of nitrogens with one attached hydrogen (secondary N) is 2. The van der Waals surface area contributed by atoms with Crippen LogP contribution in [0.2, 0.25) is 5.02 Å². The van der Waals surface area contributed by atoms with Crippen molar-refractivity contribution in [3.05, 3.63) is 64.4 Å². The van der Waals surface area contributed by atoms with Crippen LogP contribution >= 0.6 is 11.6 Å². The van der Waals surface area contributed by atoms with Crippen LogP contribution in [0.1, 0.15) is 34.3 Å². The first-order chi connectivity index (χ1) is 17.1. The fourth-order valence-electron chi connectivity index (χ4n) is 3.90. The summed E-state index contributed by atoms with van der Waals surface area (Å²) < 4.78 is 25.1. The Bertz CT molecular complexity index is 1380. The average molecular weight is 530 g/mol. The second-order valence-corrected chi connectivity index (χ2v) is 11.0. The van der Waals surface area contributed by atoms with E-state index < -0.39 is 10.0 Å². The van der Waals surface area contributed by atoms with Gasteiger partial charge in [0.15, 0.2) is 5.82 Å². The van der Waals surface area contributed by atoms with E-state index in [1.807, 2.05) is 24.0 Å². The van der Waals surface area contributed by atoms with Gasteiger partial charge in [-0.2, -0.15) is 4.98 Å². The lowest BCUT2D eigenvalue weighted by Gasteiger charge is -2.19. The Balaban J connectivity index is 1.49. The molecule has 0 unspecified atom stereocenters. The number of pyridine rings is 1. The zero-order chi connectivity index (χ0) is 25.9. The molecule has 36 heavy (non-hydrogen) atoms. The standard InChI is InChI=1S/C24H28ClN7O3S/c1-16-13-17(23(33)32-11-4-5-12-32)8-9-20(16)29-24-28-15-19(25)21(30-24)27-14-18-7-6-10-26-22(18)31(2)36(3,34)35/h6-10,13,15H,4-5,11-12,14H2,1-3H3,(H2,27,28,29,30).